The van der Waals surface area contributed by atoms with Crippen molar-refractivity contribution in [1.29, 1.82) is 0 Å². The average molecular weight is 406 g/mol. The number of nitrogens with one attached hydrogen (secondary N) is 1. The van der Waals surface area contributed by atoms with Crippen LogP contribution in [0.3, 0.4) is 0 Å². The highest BCUT2D eigenvalue weighted by molar-refractivity contribution is 6.32. The number of aromatic nitrogens is 2. The fraction of sp³-hybridized carbons (Fsp3) is 0.130. The first-order valence-corrected chi connectivity index (χ1v) is 9.49. The van der Waals surface area contributed by atoms with Crippen LogP contribution >= 0.6 is 11.6 Å². The summed E-state index contributed by atoms with van der Waals surface area (Å²) in [6.45, 7) is 2.05. The molecule has 0 amide bonds. The molecule has 0 aliphatic rings. The van der Waals surface area contributed by atoms with Crippen molar-refractivity contribution >= 4 is 34.0 Å². The molecule has 29 heavy (non-hydrogen) atoms. The molecular weight excluding hydrogens is 386 g/mol. The van der Waals surface area contributed by atoms with E-state index in [4.69, 9.17) is 31.0 Å². The zero-order valence-corrected chi connectivity index (χ0v) is 17.1. The summed E-state index contributed by atoms with van der Waals surface area (Å²) in [4.78, 5) is 9.55. The lowest BCUT2D eigenvalue weighted by Gasteiger charge is -2.15. The number of halogens is 1. The SMILES string of the molecule is COc1cc(OC)c(Nc2nc(-c3cccc(C)c3)nc3ccccc23)cc1Cl. The molecule has 0 saturated carbocycles. The van der Waals surface area contributed by atoms with Crippen molar-refractivity contribution in [2.75, 3.05) is 19.5 Å². The number of nitrogens with zero attached hydrogens (tertiary/aromatic N) is 2. The van der Waals surface area contributed by atoms with Crippen LogP contribution in [-0.2, 0) is 0 Å². The summed E-state index contributed by atoms with van der Waals surface area (Å²) >= 11 is 6.33. The highest BCUT2D eigenvalue weighted by atomic mass is 35.5. The number of fused-ring (bicyclic) bond motifs is 1. The Balaban J connectivity index is 1.86. The summed E-state index contributed by atoms with van der Waals surface area (Å²) in [5, 5.41) is 4.75. The second kappa shape index (κ2) is 7.97. The lowest BCUT2D eigenvalue weighted by molar-refractivity contribution is 0.396. The number of anilines is 2. The number of aryl methyl sites for hydroxylation is 1. The van der Waals surface area contributed by atoms with Gasteiger partial charge in [-0.1, -0.05) is 47.5 Å². The third-order valence-electron chi connectivity index (χ3n) is 4.61. The van der Waals surface area contributed by atoms with Crippen molar-refractivity contribution < 1.29 is 9.47 Å². The first-order valence-electron chi connectivity index (χ1n) is 9.11. The number of ether oxygens (including phenoxy) is 2. The van der Waals surface area contributed by atoms with E-state index in [1.54, 1.807) is 26.4 Å². The number of benzene rings is 3. The van der Waals surface area contributed by atoms with Gasteiger partial charge in [-0.05, 0) is 31.2 Å². The Morgan fingerprint density at radius 1 is 0.862 bits per heavy atom. The molecule has 146 valence electrons. The third kappa shape index (κ3) is 3.82. The van der Waals surface area contributed by atoms with Crippen LogP contribution < -0.4 is 14.8 Å². The highest BCUT2D eigenvalue weighted by Crippen LogP contribution is 2.38. The van der Waals surface area contributed by atoms with E-state index in [0.29, 0.717) is 33.9 Å². The van der Waals surface area contributed by atoms with E-state index < -0.39 is 0 Å². The molecule has 0 radical (unpaired) electrons. The van der Waals surface area contributed by atoms with Crippen LogP contribution in [0.4, 0.5) is 11.5 Å². The molecule has 0 fully saturated rings. The summed E-state index contributed by atoms with van der Waals surface area (Å²) in [5.74, 6) is 2.47. The van der Waals surface area contributed by atoms with Crippen molar-refractivity contribution in [3.8, 4) is 22.9 Å². The molecule has 4 rings (SSSR count). The van der Waals surface area contributed by atoms with E-state index in [0.717, 1.165) is 22.0 Å². The maximum absolute atomic E-state index is 6.33. The Morgan fingerprint density at radius 3 is 2.41 bits per heavy atom. The van der Waals surface area contributed by atoms with Gasteiger partial charge in [-0.25, -0.2) is 9.97 Å². The second-order valence-electron chi connectivity index (χ2n) is 6.59. The molecule has 0 atom stereocenters. The fourth-order valence-corrected chi connectivity index (χ4v) is 3.41. The zero-order valence-electron chi connectivity index (χ0n) is 16.4. The molecule has 3 aromatic carbocycles. The van der Waals surface area contributed by atoms with Gasteiger partial charge in [0.05, 0.1) is 30.4 Å². The highest BCUT2D eigenvalue weighted by Gasteiger charge is 2.14. The third-order valence-corrected chi connectivity index (χ3v) is 4.90. The summed E-state index contributed by atoms with van der Waals surface area (Å²) in [6, 6.07) is 19.5. The van der Waals surface area contributed by atoms with Crippen LogP contribution in [0, 0.1) is 6.92 Å². The van der Waals surface area contributed by atoms with Gasteiger partial charge in [0.15, 0.2) is 5.82 Å². The van der Waals surface area contributed by atoms with Crippen LogP contribution in [0.5, 0.6) is 11.5 Å². The average Bonchev–Trinajstić information content (AvgIpc) is 2.74. The topological polar surface area (TPSA) is 56.3 Å². The maximum Gasteiger partial charge on any atom is 0.162 e. The normalized spacial score (nSPS) is 10.8. The molecular formula is C23H20ClN3O2. The van der Waals surface area contributed by atoms with Crippen molar-refractivity contribution in [2.45, 2.75) is 6.92 Å². The molecule has 0 saturated heterocycles. The fourth-order valence-electron chi connectivity index (χ4n) is 3.17. The minimum Gasteiger partial charge on any atom is -0.495 e. The quantitative estimate of drug-likeness (QED) is 0.440. The molecule has 5 nitrogen and oxygen atoms in total. The number of rotatable bonds is 5. The summed E-state index contributed by atoms with van der Waals surface area (Å²) < 4.78 is 10.8. The van der Waals surface area contributed by atoms with Gasteiger partial charge >= 0.3 is 0 Å². The number of para-hydroxylation sites is 1. The molecule has 0 unspecified atom stereocenters. The predicted octanol–water partition coefficient (Wildman–Crippen LogP) is 6.02. The van der Waals surface area contributed by atoms with Gasteiger partial charge in [0, 0.05) is 17.0 Å². The molecule has 0 bridgehead atoms. The minimum atomic E-state index is 0.480. The van der Waals surface area contributed by atoms with Gasteiger partial charge in [-0.15, -0.1) is 0 Å². The second-order valence-corrected chi connectivity index (χ2v) is 7.00. The smallest absolute Gasteiger partial charge is 0.162 e. The van der Waals surface area contributed by atoms with Crippen LogP contribution in [0.25, 0.3) is 22.3 Å². The van der Waals surface area contributed by atoms with Gasteiger partial charge in [-0.3, -0.25) is 0 Å². The van der Waals surface area contributed by atoms with E-state index in [-0.39, 0.29) is 0 Å². The lowest BCUT2D eigenvalue weighted by Crippen LogP contribution is -2.01. The Bertz CT molecular complexity index is 1190. The Kier molecular flexibility index (Phi) is 5.23. The van der Waals surface area contributed by atoms with Crippen LogP contribution in [0.15, 0.2) is 60.7 Å². The summed E-state index contributed by atoms with van der Waals surface area (Å²) in [6.07, 6.45) is 0. The van der Waals surface area contributed by atoms with Crippen molar-refractivity contribution in [3.63, 3.8) is 0 Å². The molecule has 1 heterocycles. The summed E-state index contributed by atoms with van der Waals surface area (Å²) in [5.41, 5.74) is 3.65. The molecule has 6 heteroatoms. The van der Waals surface area contributed by atoms with Gasteiger partial charge in [0.2, 0.25) is 0 Å². The van der Waals surface area contributed by atoms with Gasteiger partial charge in [0.25, 0.3) is 0 Å². The Labute approximate surface area is 174 Å². The minimum absolute atomic E-state index is 0.480. The molecule has 1 aromatic heterocycles. The van der Waals surface area contributed by atoms with E-state index in [1.165, 1.54) is 0 Å². The van der Waals surface area contributed by atoms with E-state index in [2.05, 4.69) is 11.4 Å². The lowest BCUT2D eigenvalue weighted by atomic mass is 10.1. The molecule has 1 N–H and O–H groups in total. The van der Waals surface area contributed by atoms with Crippen LogP contribution in [-0.4, -0.2) is 24.2 Å². The van der Waals surface area contributed by atoms with E-state index >= 15 is 0 Å². The monoisotopic (exact) mass is 405 g/mol. The molecule has 4 aromatic rings. The zero-order chi connectivity index (χ0) is 20.4. The van der Waals surface area contributed by atoms with E-state index in [9.17, 15) is 0 Å². The molecule has 0 spiro atoms. The largest absolute Gasteiger partial charge is 0.495 e. The molecule has 0 aliphatic heterocycles. The van der Waals surface area contributed by atoms with Crippen molar-refractivity contribution in [1.82, 2.24) is 9.97 Å². The first kappa shape index (κ1) is 19.0. The number of methoxy groups -OCH3 is 2. The first-order chi connectivity index (χ1) is 14.1. The van der Waals surface area contributed by atoms with Crippen LogP contribution in [0.2, 0.25) is 5.02 Å². The van der Waals surface area contributed by atoms with Gasteiger partial charge in [0.1, 0.15) is 17.3 Å². The van der Waals surface area contributed by atoms with Crippen molar-refractivity contribution in [2.24, 2.45) is 0 Å². The van der Waals surface area contributed by atoms with Gasteiger partial charge < -0.3 is 14.8 Å². The number of hydrogen-bond acceptors (Lipinski definition) is 5. The van der Waals surface area contributed by atoms with Crippen molar-refractivity contribution in [3.05, 3.63) is 71.2 Å². The molecule has 0 aliphatic carbocycles. The predicted molar refractivity (Wildman–Crippen MR) is 118 cm³/mol. The van der Waals surface area contributed by atoms with Gasteiger partial charge in [-0.2, -0.15) is 0 Å². The van der Waals surface area contributed by atoms with Crippen LogP contribution in [0.1, 0.15) is 5.56 Å². The number of hydrogen-bond donors (Lipinski definition) is 1. The van der Waals surface area contributed by atoms with E-state index in [1.807, 2.05) is 49.4 Å². The Hall–Kier alpha value is -3.31. The standard InChI is InChI=1S/C23H20ClN3O2/c1-14-7-6-8-15(11-14)22-25-18-10-5-4-9-16(18)23(27-22)26-19-12-17(24)20(28-2)13-21(19)29-3/h4-13H,1-3H3,(H,25,26,27). The summed E-state index contributed by atoms with van der Waals surface area (Å²) in [7, 11) is 3.17. The Morgan fingerprint density at radius 2 is 1.66 bits per heavy atom. The maximum atomic E-state index is 6.33.